The molecule has 152 valence electrons. The van der Waals surface area contributed by atoms with Crippen LogP contribution < -0.4 is 10.4 Å². The molecule has 2 aromatic carbocycles. The maximum atomic E-state index is 13.8. The van der Waals surface area contributed by atoms with Crippen molar-refractivity contribution in [3.63, 3.8) is 0 Å². The van der Waals surface area contributed by atoms with Crippen molar-refractivity contribution >= 4 is 10.0 Å². The van der Waals surface area contributed by atoms with Crippen LogP contribution in [0.15, 0.2) is 58.2 Å². The Morgan fingerprint density at radius 2 is 1.83 bits per heavy atom. The van der Waals surface area contributed by atoms with E-state index in [1.807, 2.05) is 30.3 Å². The number of benzene rings is 2. The molecule has 1 N–H and O–H groups in total. The second-order valence-electron chi connectivity index (χ2n) is 6.77. The Morgan fingerprint density at radius 3 is 2.48 bits per heavy atom. The number of nitrogens with one attached hydrogen (secondary N) is 1. The highest BCUT2D eigenvalue weighted by molar-refractivity contribution is 7.89. The number of aromatic nitrogens is 3. The number of hydrogen-bond acceptors (Lipinski definition) is 4. The number of halogens is 2. The highest BCUT2D eigenvalue weighted by Crippen LogP contribution is 2.36. The lowest BCUT2D eigenvalue weighted by Gasteiger charge is -2.07. The van der Waals surface area contributed by atoms with Gasteiger partial charge in [-0.2, -0.15) is 0 Å². The summed E-state index contributed by atoms with van der Waals surface area (Å²) >= 11 is 0. The quantitative estimate of drug-likeness (QED) is 0.636. The molecule has 0 saturated heterocycles. The van der Waals surface area contributed by atoms with Crippen molar-refractivity contribution in [2.24, 2.45) is 0 Å². The summed E-state index contributed by atoms with van der Waals surface area (Å²) in [7, 11) is -4.19. The SMILES string of the molecule is O=c1n(CCNS(=O)(=O)c2ccc(F)cc2F)nc(-c2ccccc2)n1C1CC1. The maximum Gasteiger partial charge on any atom is 0.346 e. The first-order valence-electron chi connectivity index (χ1n) is 9.06. The zero-order valence-corrected chi connectivity index (χ0v) is 16.1. The van der Waals surface area contributed by atoms with Gasteiger partial charge in [-0.25, -0.2) is 31.4 Å². The van der Waals surface area contributed by atoms with Crippen molar-refractivity contribution in [3.8, 4) is 11.4 Å². The summed E-state index contributed by atoms with van der Waals surface area (Å²) in [6.45, 7) is -0.199. The third kappa shape index (κ3) is 3.99. The second-order valence-corrected chi connectivity index (χ2v) is 8.50. The molecule has 0 aliphatic heterocycles. The van der Waals surface area contributed by atoms with Crippen LogP contribution in [0, 0.1) is 11.6 Å². The Morgan fingerprint density at radius 1 is 1.10 bits per heavy atom. The monoisotopic (exact) mass is 420 g/mol. The van der Waals surface area contributed by atoms with Crippen LogP contribution in [0.3, 0.4) is 0 Å². The lowest BCUT2D eigenvalue weighted by molar-refractivity contribution is 0.531. The largest absolute Gasteiger partial charge is 0.346 e. The van der Waals surface area contributed by atoms with Crippen molar-refractivity contribution in [2.45, 2.75) is 30.3 Å². The average Bonchev–Trinajstić information content (AvgIpc) is 3.46. The van der Waals surface area contributed by atoms with Gasteiger partial charge >= 0.3 is 5.69 Å². The number of rotatable bonds is 7. The highest BCUT2D eigenvalue weighted by atomic mass is 32.2. The van der Waals surface area contributed by atoms with E-state index in [1.165, 1.54) is 4.68 Å². The first kappa shape index (κ1) is 19.5. The second kappa shape index (κ2) is 7.53. The Balaban J connectivity index is 1.54. The van der Waals surface area contributed by atoms with Gasteiger partial charge in [0.2, 0.25) is 10.0 Å². The Hall–Kier alpha value is -2.85. The molecule has 4 rings (SSSR count). The fourth-order valence-corrected chi connectivity index (χ4v) is 4.15. The Kier molecular flexibility index (Phi) is 5.05. The standard InChI is InChI=1S/C19H18F2N4O3S/c20-14-6-9-17(16(21)12-14)29(27,28)22-10-11-24-19(26)25(15-7-8-15)18(23-24)13-4-2-1-3-5-13/h1-6,9,12,15,22H,7-8,10-11H2. The molecule has 1 heterocycles. The van der Waals surface area contributed by atoms with Gasteiger partial charge in [-0.05, 0) is 25.0 Å². The zero-order valence-electron chi connectivity index (χ0n) is 15.3. The van der Waals surface area contributed by atoms with Gasteiger partial charge in [-0.1, -0.05) is 30.3 Å². The van der Waals surface area contributed by atoms with Crippen LogP contribution in [0.1, 0.15) is 18.9 Å². The molecular formula is C19H18F2N4O3S. The predicted molar refractivity (Wildman–Crippen MR) is 102 cm³/mol. The predicted octanol–water partition coefficient (Wildman–Crippen LogP) is 2.30. The molecule has 1 saturated carbocycles. The first-order valence-corrected chi connectivity index (χ1v) is 10.5. The van der Waals surface area contributed by atoms with Crippen molar-refractivity contribution in [3.05, 3.63) is 70.6 Å². The van der Waals surface area contributed by atoms with E-state index in [9.17, 15) is 22.0 Å². The lowest BCUT2D eigenvalue weighted by atomic mass is 10.2. The summed E-state index contributed by atoms with van der Waals surface area (Å²) in [6, 6.07) is 11.6. The summed E-state index contributed by atoms with van der Waals surface area (Å²) < 4.78 is 56.4. The molecule has 29 heavy (non-hydrogen) atoms. The van der Waals surface area contributed by atoms with E-state index in [2.05, 4.69) is 9.82 Å². The van der Waals surface area contributed by atoms with E-state index < -0.39 is 26.6 Å². The van der Waals surface area contributed by atoms with E-state index in [0.29, 0.717) is 11.9 Å². The molecule has 0 bridgehead atoms. The Bertz CT molecular complexity index is 1200. The minimum Gasteiger partial charge on any atom is -0.272 e. The van der Waals surface area contributed by atoms with Crippen molar-refractivity contribution in [1.82, 2.24) is 19.1 Å². The van der Waals surface area contributed by atoms with E-state index in [0.717, 1.165) is 30.5 Å². The molecule has 0 radical (unpaired) electrons. The van der Waals surface area contributed by atoms with Crippen LogP contribution in [0.5, 0.6) is 0 Å². The van der Waals surface area contributed by atoms with Gasteiger partial charge in [0.1, 0.15) is 16.5 Å². The Labute approximate surface area is 165 Å². The van der Waals surface area contributed by atoms with Gasteiger partial charge in [-0.3, -0.25) is 4.57 Å². The summed E-state index contributed by atoms with van der Waals surface area (Å²) in [4.78, 5) is 12.1. The van der Waals surface area contributed by atoms with Gasteiger partial charge in [-0.15, -0.1) is 5.10 Å². The van der Waals surface area contributed by atoms with Gasteiger partial charge in [0, 0.05) is 24.2 Å². The molecule has 1 fully saturated rings. The zero-order chi connectivity index (χ0) is 20.6. The lowest BCUT2D eigenvalue weighted by Crippen LogP contribution is -2.32. The van der Waals surface area contributed by atoms with Crippen LogP contribution in [0.2, 0.25) is 0 Å². The molecule has 1 aliphatic rings. The summed E-state index contributed by atoms with van der Waals surface area (Å²) in [5.74, 6) is -1.52. The third-order valence-electron chi connectivity index (χ3n) is 4.61. The summed E-state index contributed by atoms with van der Waals surface area (Å²) in [5.41, 5.74) is 0.475. The maximum absolute atomic E-state index is 13.8. The number of nitrogens with zero attached hydrogens (tertiary/aromatic N) is 3. The van der Waals surface area contributed by atoms with E-state index in [-0.39, 0.29) is 24.8 Å². The third-order valence-corrected chi connectivity index (χ3v) is 6.11. The van der Waals surface area contributed by atoms with Crippen LogP contribution >= 0.6 is 0 Å². The average molecular weight is 420 g/mol. The van der Waals surface area contributed by atoms with Gasteiger partial charge < -0.3 is 0 Å². The van der Waals surface area contributed by atoms with Gasteiger partial charge in [0.25, 0.3) is 0 Å². The molecule has 0 spiro atoms. The fraction of sp³-hybridized carbons (Fsp3) is 0.263. The topological polar surface area (TPSA) is 86.0 Å². The number of hydrogen-bond donors (Lipinski definition) is 1. The van der Waals surface area contributed by atoms with Crippen molar-refractivity contribution in [1.29, 1.82) is 0 Å². The van der Waals surface area contributed by atoms with E-state index in [4.69, 9.17) is 0 Å². The van der Waals surface area contributed by atoms with Crippen LogP contribution in [-0.2, 0) is 16.6 Å². The molecule has 7 nitrogen and oxygen atoms in total. The first-order chi connectivity index (χ1) is 13.9. The highest BCUT2D eigenvalue weighted by Gasteiger charge is 2.30. The van der Waals surface area contributed by atoms with Crippen molar-refractivity contribution < 1.29 is 17.2 Å². The van der Waals surface area contributed by atoms with Gasteiger partial charge in [0.05, 0.1) is 6.54 Å². The van der Waals surface area contributed by atoms with E-state index in [1.54, 1.807) is 4.57 Å². The minimum absolute atomic E-state index is 0.0274. The molecule has 1 aromatic heterocycles. The van der Waals surface area contributed by atoms with Crippen molar-refractivity contribution in [2.75, 3.05) is 6.54 Å². The molecular weight excluding hydrogens is 402 g/mol. The van der Waals surface area contributed by atoms with Crippen LogP contribution in [0.25, 0.3) is 11.4 Å². The normalized spacial score (nSPS) is 14.3. The molecule has 3 aromatic rings. The molecule has 0 atom stereocenters. The smallest absolute Gasteiger partial charge is 0.272 e. The fourth-order valence-electron chi connectivity index (χ4n) is 3.07. The molecule has 1 aliphatic carbocycles. The number of sulfonamides is 1. The molecule has 0 amide bonds. The molecule has 10 heteroatoms. The molecule has 0 unspecified atom stereocenters. The van der Waals surface area contributed by atoms with Crippen LogP contribution in [0.4, 0.5) is 8.78 Å². The summed E-state index contributed by atoms with van der Waals surface area (Å²) in [6.07, 6.45) is 1.78. The van der Waals surface area contributed by atoms with E-state index >= 15 is 0 Å². The van der Waals surface area contributed by atoms with Gasteiger partial charge in [0.15, 0.2) is 5.82 Å². The minimum atomic E-state index is -4.19. The van der Waals surface area contributed by atoms with Crippen LogP contribution in [-0.4, -0.2) is 29.3 Å². The summed E-state index contributed by atoms with van der Waals surface area (Å²) in [5, 5.41) is 4.37.